The fourth-order valence-corrected chi connectivity index (χ4v) is 3.39. The largest absolute Gasteiger partial charge is 0.399 e. The molecule has 0 bridgehead atoms. The average molecular weight is 283 g/mol. The highest BCUT2D eigenvalue weighted by atomic mass is 32.2. The topological polar surface area (TPSA) is 66.6 Å². The maximum absolute atomic E-state index is 12.3. The van der Waals surface area contributed by atoms with Crippen molar-refractivity contribution in [2.75, 3.05) is 39.0 Å². The Kier molecular flexibility index (Phi) is 4.44. The van der Waals surface area contributed by atoms with Crippen LogP contribution in [0.25, 0.3) is 0 Å². The zero-order chi connectivity index (χ0) is 13.9. The standard InChI is InChI=1S/C13H21N3O2S/c1-15(10-11-16-8-2-3-9-16)19(17,18)13-6-4-12(14)5-7-13/h4-7H,2-3,8-11,14H2,1H3. The number of rotatable bonds is 5. The SMILES string of the molecule is CN(CCN1CCCC1)S(=O)(=O)c1ccc(N)cc1. The Balaban J connectivity index is 1.99. The molecule has 1 heterocycles. The van der Waals surface area contributed by atoms with E-state index in [9.17, 15) is 8.42 Å². The average Bonchev–Trinajstić information content (AvgIpc) is 2.89. The van der Waals surface area contributed by atoms with Gasteiger partial charge in [0.15, 0.2) is 0 Å². The molecule has 1 aromatic rings. The first-order valence-corrected chi connectivity index (χ1v) is 7.98. The molecule has 6 heteroatoms. The summed E-state index contributed by atoms with van der Waals surface area (Å²) >= 11 is 0. The summed E-state index contributed by atoms with van der Waals surface area (Å²) in [6, 6.07) is 6.33. The van der Waals surface area contributed by atoms with E-state index in [2.05, 4.69) is 4.90 Å². The van der Waals surface area contributed by atoms with Gasteiger partial charge in [-0.05, 0) is 50.2 Å². The third-order valence-electron chi connectivity index (χ3n) is 3.52. The summed E-state index contributed by atoms with van der Waals surface area (Å²) in [6.07, 6.45) is 2.43. The minimum atomic E-state index is -3.40. The van der Waals surface area contributed by atoms with Gasteiger partial charge in [0.25, 0.3) is 0 Å². The Hall–Kier alpha value is -1.11. The minimum Gasteiger partial charge on any atom is -0.399 e. The van der Waals surface area contributed by atoms with E-state index in [0.29, 0.717) is 17.1 Å². The van der Waals surface area contributed by atoms with E-state index in [1.807, 2.05) is 0 Å². The van der Waals surface area contributed by atoms with Gasteiger partial charge in [-0.3, -0.25) is 0 Å². The molecule has 0 amide bonds. The Morgan fingerprint density at radius 1 is 1.21 bits per heavy atom. The minimum absolute atomic E-state index is 0.297. The highest BCUT2D eigenvalue weighted by molar-refractivity contribution is 7.89. The van der Waals surface area contributed by atoms with Crippen LogP contribution in [-0.4, -0.2) is 50.8 Å². The Morgan fingerprint density at radius 2 is 1.79 bits per heavy atom. The molecule has 1 saturated heterocycles. The summed E-state index contributed by atoms with van der Waals surface area (Å²) in [7, 11) is -1.77. The fraction of sp³-hybridized carbons (Fsp3) is 0.538. The molecule has 1 fully saturated rings. The molecule has 19 heavy (non-hydrogen) atoms. The molecule has 106 valence electrons. The second-order valence-electron chi connectivity index (χ2n) is 4.94. The summed E-state index contributed by atoms with van der Waals surface area (Å²) in [5, 5.41) is 0. The molecule has 0 radical (unpaired) electrons. The Bertz CT molecular complexity index is 507. The van der Waals surface area contributed by atoms with Crippen molar-refractivity contribution in [2.45, 2.75) is 17.7 Å². The number of likely N-dealkylation sites (tertiary alicyclic amines) is 1. The first-order chi connectivity index (χ1) is 9.00. The van der Waals surface area contributed by atoms with Gasteiger partial charge in [-0.1, -0.05) is 0 Å². The summed E-state index contributed by atoms with van der Waals surface area (Å²) in [6.45, 7) is 3.48. The second kappa shape index (κ2) is 5.90. The van der Waals surface area contributed by atoms with Crippen LogP contribution in [0.1, 0.15) is 12.8 Å². The van der Waals surface area contributed by atoms with Crippen LogP contribution < -0.4 is 5.73 Å². The van der Waals surface area contributed by atoms with Gasteiger partial charge in [0.2, 0.25) is 10.0 Å². The van der Waals surface area contributed by atoms with Gasteiger partial charge in [-0.2, -0.15) is 4.31 Å². The van der Waals surface area contributed by atoms with E-state index in [0.717, 1.165) is 19.6 Å². The van der Waals surface area contributed by atoms with E-state index >= 15 is 0 Å². The molecule has 0 aliphatic carbocycles. The van der Waals surface area contributed by atoms with Crippen LogP contribution in [0.15, 0.2) is 29.2 Å². The van der Waals surface area contributed by atoms with E-state index in [4.69, 9.17) is 5.73 Å². The van der Waals surface area contributed by atoms with Gasteiger partial charge in [-0.25, -0.2) is 8.42 Å². The molecule has 0 spiro atoms. The van der Waals surface area contributed by atoms with Crippen LogP contribution in [0.2, 0.25) is 0 Å². The third kappa shape index (κ3) is 3.46. The lowest BCUT2D eigenvalue weighted by Crippen LogP contribution is -2.35. The van der Waals surface area contributed by atoms with Crippen LogP contribution in [0.3, 0.4) is 0 Å². The van der Waals surface area contributed by atoms with E-state index in [1.165, 1.54) is 17.1 Å². The number of hydrogen-bond acceptors (Lipinski definition) is 4. The van der Waals surface area contributed by atoms with Crippen molar-refractivity contribution < 1.29 is 8.42 Å². The first kappa shape index (κ1) is 14.3. The lowest BCUT2D eigenvalue weighted by molar-refractivity contribution is 0.310. The molecule has 0 saturated carbocycles. The molecular weight excluding hydrogens is 262 g/mol. The number of nitrogens with zero attached hydrogens (tertiary/aromatic N) is 2. The number of nitrogens with two attached hydrogens (primary N) is 1. The van der Waals surface area contributed by atoms with Gasteiger partial charge in [0.05, 0.1) is 4.90 Å². The highest BCUT2D eigenvalue weighted by Gasteiger charge is 2.21. The highest BCUT2D eigenvalue weighted by Crippen LogP contribution is 2.16. The number of hydrogen-bond donors (Lipinski definition) is 1. The predicted molar refractivity (Wildman–Crippen MR) is 76.3 cm³/mol. The van der Waals surface area contributed by atoms with Crippen molar-refractivity contribution in [3.8, 4) is 0 Å². The van der Waals surface area contributed by atoms with Crippen LogP contribution in [-0.2, 0) is 10.0 Å². The van der Waals surface area contributed by atoms with Crippen LogP contribution in [0.4, 0.5) is 5.69 Å². The van der Waals surface area contributed by atoms with Crippen molar-refractivity contribution in [3.05, 3.63) is 24.3 Å². The molecule has 0 aromatic heterocycles. The monoisotopic (exact) mass is 283 g/mol. The molecule has 0 unspecified atom stereocenters. The maximum Gasteiger partial charge on any atom is 0.242 e. The van der Waals surface area contributed by atoms with Crippen LogP contribution in [0, 0.1) is 0 Å². The summed E-state index contributed by atoms with van der Waals surface area (Å²) < 4.78 is 26.0. The van der Waals surface area contributed by atoms with Crippen molar-refractivity contribution in [1.82, 2.24) is 9.21 Å². The zero-order valence-corrected chi connectivity index (χ0v) is 12.1. The molecule has 5 nitrogen and oxygen atoms in total. The van der Waals surface area contributed by atoms with Gasteiger partial charge < -0.3 is 10.6 Å². The van der Waals surface area contributed by atoms with E-state index in [1.54, 1.807) is 31.3 Å². The van der Waals surface area contributed by atoms with Gasteiger partial charge in [-0.15, -0.1) is 0 Å². The number of anilines is 1. The van der Waals surface area contributed by atoms with Crippen molar-refractivity contribution in [2.24, 2.45) is 0 Å². The second-order valence-corrected chi connectivity index (χ2v) is 6.99. The van der Waals surface area contributed by atoms with Crippen molar-refractivity contribution in [3.63, 3.8) is 0 Å². The van der Waals surface area contributed by atoms with Crippen LogP contribution in [0.5, 0.6) is 0 Å². The summed E-state index contributed by atoms with van der Waals surface area (Å²) in [4.78, 5) is 2.60. The van der Waals surface area contributed by atoms with Crippen molar-refractivity contribution >= 4 is 15.7 Å². The number of nitrogen functional groups attached to an aromatic ring is 1. The molecule has 2 N–H and O–H groups in total. The van der Waals surface area contributed by atoms with Crippen molar-refractivity contribution in [1.29, 1.82) is 0 Å². The van der Waals surface area contributed by atoms with E-state index in [-0.39, 0.29) is 0 Å². The number of sulfonamides is 1. The smallest absolute Gasteiger partial charge is 0.242 e. The molecule has 1 aliphatic heterocycles. The predicted octanol–water partition coefficient (Wildman–Crippen LogP) is 0.985. The third-order valence-corrected chi connectivity index (χ3v) is 5.39. The fourth-order valence-electron chi connectivity index (χ4n) is 2.23. The molecular formula is C13H21N3O2S. The van der Waals surface area contributed by atoms with E-state index < -0.39 is 10.0 Å². The maximum atomic E-state index is 12.3. The zero-order valence-electron chi connectivity index (χ0n) is 11.2. The normalized spacial score (nSPS) is 17.2. The van der Waals surface area contributed by atoms with Crippen LogP contribution >= 0.6 is 0 Å². The Labute approximate surface area is 115 Å². The lowest BCUT2D eigenvalue weighted by atomic mass is 10.3. The number of benzene rings is 1. The summed E-state index contributed by atoms with van der Waals surface area (Å²) in [5.74, 6) is 0. The van der Waals surface area contributed by atoms with Gasteiger partial charge in [0.1, 0.15) is 0 Å². The Morgan fingerprint density at radius 3 is 2.37 bits per heavy atom. The van der Waals surface area contributed by atoms with Gasteiger partial charge in [0, 0.05) is 25.8 Å². The molecule has 1 aliphatic rings. The molecule has 2 rings (SSSR count). The molecule has 0 atom stereocenters. The first-order valence-electron chi connectivity index (χ1n) is 6.54. The number of likely N-dealkylation sites (N-methyl/N-ethyl adjacent to an activating group) is 1. The summed E-state index contributed by atoms with van der Waals surface area (Å²) in [5.41, 5.74) is 6.14. The lowest BCUT2D eigenvalue weighted by Gasteiger charge is -2.21. The molecule has 1 aromatic carbocycles. The quantitative estimate of drug-likeness (QED) is 0.818. The van der Waals surface area contributed by atoms with Gasteiger partial charge >= 0.3 is 0 Å².